The minimum absolute atomic E-state index is 0.00970. The quantitative estimate of drug-likeness (QED) is 0.368. The maximum Gasteiger partial charge on any atom is 0.303 e. The van der Waals surface area contributed by atoms with E-state index in [2.05, 4.69) is 9.88 Å². The topological polar surface area (TPSA) is 81.1 Å². The van der Waals surface area contributed by atoms with Crippen LogP contribution in [-0.4, -0.2) is 59.3 Å². The summed E-state index contributed by atoms with van der Waals surface area (Å²) >= 11 is 0. The van der Waals surface area contributed by atoms with Crippen molar-refractivity contribution in [2.75, 3.05) is 20.2 Å². The van der Waals surface area contributed by atoms with Crippen LogP contribution in [0.4, 0.5) is 8.78 Å². The Balaban J connectivity index is 1.16. The van der Waals surface area contributed by atoms with E-state index in [-0.39, 0.29) is 37.4 Å². The van der Waals surface area contributed by atoms with Crippen LogP contribution >= 0.6 is 0 Å². The van der Waals surface area contributed by atoms with E-state index < -0.39 is 11.9 Å². The average molecular weight is 545 g/mol. The molecule has 2 heterocycles. The Labute approximate surface area is 228 Å². The number of ether oxygens (including phenoxy) is 3. The molecule has 39 heavy (non-hydrogen) atoms. The van der Waals surface area contributed by atoms with Crippen LogP contribution in [0.1, 0.15) is 74.8 Å². The normalized spacial score (nSPS) is 24.1. The molecule has 0 radical (unpaired) electrons. The lowest BCUT2D eigenvalue weighted by Crippen LogP contribution is -2.39. The van der Waals surface area contributed by atoms with Gasteiger partial charge in [-0.05, 0) is 68.1 Å². The number of hydrogen-bond acceptors (Lipinski definition) is 6. The molecule has 0 spiro atoms. The molecule has 7 nitrogen and oxygen atoms in total. The Kier molecular flexibility index (Phi) is 8.54. The molecule has 1 aromatic carbocycles. The molecule has 2 saturated carbocycles. The highest BCUT2D eigenvalue weighted by Crippen LogP contribution is 2.45. The minimum Gasteiger partial charge on any atom is -0.497 e. The van der Waals surface area contributed by atoms with Crippen molar-refractivity contribution in [3.05, 3.63) is 47.7 Å². The van der Waals surface area contributed by atoms with Crippen molar-refractivity contribution in [3.8, 4) is 17.4 Å². The van der Waals surface area contributed by atoms with Crippen molar-refractivity contribution >= 4 is 5.97 Å². The van der Waals surface area contributed by atoms with Gasteiger partial charge in [0.25, 0.3) is 5.92 Å². The molecular formula is C30H38F2N2O5. The lowest BCUT2D eigenvalue weighted by molar-refractivity contribution is -0.137. The van der Waals surface area contributed by atoms with E-state index in [9.17, 15) is 18.7 Å². The maximum absolute atomic E-state index is 13.6. The number of methoxy groups -OCH3 is 1. The van der Waals surface area contributed by atoms with E-state index in [1.54, 1.807) is 13.3 Å². The van der Waals surface area contributed by atoms with Crippen LogP contribution in [0.15, 0.2) is 36.5 Å². The molecule has 0 amide bonds. The standard InChI is InChI=1S/C30H38F2N2O5/c1-37-25-5-4-22(19-34-14-11-30(31,32)12-15-34)27(17-25)38-23-6-8-24(9-7-23)39-28-16-21(10-13-33-28)26(18-29(35)36)20-2-3-20/h4-5,10,13,16-17,20,23-24,26H,2-3,6-9,11-12,14-15,18-19H2,1H3,(H,35,36)/t23-,24-,26?. The molecule has 5 rings (SSSR count). The highest BCUT2D eigenvalue weighted by Gasteiger charge is 2.35. The second-order valence-corrected chi connectivity index (χ2v) is 11.2. The van der Waals surface area contributed by atoms with Crippen molar-refractivity contribution in [1.82, 2.24) is 9.88 Å². The van der Waals surface area contributed by atoms with Gasteiger partial charge in [-0.1, -0.05) is 6.07 Å². The van der Waals surface area contributed by atoms with Gasteiger partial charge in [0.15, 0.2) is 0 Å². The molecule has 9 heteroatoms. The number of aliphatic carboxylic acids is 1. The summed E-state index contributed by atoms with van der Waals surface area (Å²) in [4.78, 5) is 17.8. The third-order valence-electron chi connectivity index (χ3n) is 8.23. The Bertz CT molecular complexity index is 1120. The Morgan fingerprint density at radius 3 is 2.38 bits per heavy atom. The van der Waals surface area contributed by atoms with E-state index in [4.69, 9.17) is 14.2 Å². The lowest BCUT2D eigenvalue weighted by Gasteiger charge is -2.33. The van der Waals surface area contributed by atoms with E-state index >= 15 is 0 Å². The first-order valence-corrected chi connectivity index (χ1v) is 14.1. The first-order chi connectivity index (χ1) is 18.8. The van der Waals surface area contributed by atoms with Crippen molar-refractivity contribution in [1.29, 1.82) is 0 Å². The number of carbonyl (C=O) groups is 1. The number of likely N-dealkylation sites (tertiary alicyclic amines) is 1. The summed E-state index contributed by atoms with van der Waals surface area (Å²) in [6.07, 6.45) is 7.09. The highest BCUT2D eigenvalue weighted by atomic mass is 19.3. The van der Waals surface area contributed by atoms with E-state index in [0.717, 1.165) is 55.4 Å². The van der Waals surface area contributed by atoms with Crippen LogP contribution in [0.2, 0.25) is 0 Å². The summed E-state index contributed by atoms with van der Waals surface area (Å²) < 4.78 is 45.3. The monoisotopic (exact) mass is 544 g/mol. The van der Waals surface area contributed by atoms with Gasteiger partial charge in [-0.25, -0.2) is 13.8 Å². The van der Waals surface area contributed by atoms with Gasteiger partial charge in [-0.15, -0.1) is 0 Å². The molecule has 1 N–H and O–H groups in total. The third-order valence-corrected chi connectivity index (χ3v) is 8.23. The average Bonchev–Trinajstić information content (AvgIpc) is 3.76. The fourth-order valence-electron chi connectivity index (χ4n) is 5.76. The van der Waals surface area contributed by atoms with Gasteiger partial charge in [-0.2, -0.15) is 0 Å². The van der Waals surface area contributed by atoms with Crippen LogP contribution in [0.25, 0.3) is 0 Å². The van der Waals surface area contributed by atoms with Crippen LogP contribution < -0.4 is 14.2 Å². The van der Waals surface area contributed by atoms with Gasteiger partial charge >= 0.3 is 5.97 Å². The summed E-state index contributed by atoms with van der Waals surface area (Å²) in [7, 11) is 1.62. The number of pyridine rings is 1. The molecule has 1 atom stereocenters. The number of carboxylic acids is 1. The largest absolute Gasteiger partial charge is 0.497 e. The van der Waals surface area contributed by atoms with Crippen LogP contribution in [0.5, 0.6) is 17.4 Å². The SMILES string of the molecule is COc1ccc(CN2CCC(F)(F)CC2)c(O[C@H]2CC[C@H](Oc3cc(C(CC(=O)O)C4CC4)ccn3)CC2)c1. The number of rotatable bonds is 11. The van der Waals surface area contributed by atoms with E-state index in [1.165, 1.54) is 0 Å². The molecule has 212 valence electrons. The fraction of sp³-hybridized carbons (Fsp3) is 0.600. The summed E-state index contributed by atoms with van der Waals surface area (Å²) in [5, 5.41) is 9.33. The number of nitrogens with zero attached hydrogens (tertiary/aromatic N) is 2. The van der Waals surface area contributed by atoms with Crippen molar-refractivity contribution in [2.24, 2.45) is 5.92 Å². The summed E-state index contributed by atoms with van der Waals surface area (Å²) in [6.45, 7) is 1.31. The predicted octanol–water partition coefficient (Wildman–Crippen LogP) is 6.06. The summed E-state index contributed by atoms with van der Waals surface area (Å²) in [5.74, 6) is -0.901. The second kappa shape index (κ2) is 12.1. The second-order valence-electron chi connectivity index (χ2n) is 11.2. The Morgan fingerprint density at radius 2 is 1.74 bits per heavy atom. The first kappa shape index (κ1) is 27.6. The number of carboxylic acid groups (broad SMARTS) is 1. The molecule has 1 aliphatic heterocycles. The zero-order chi connectivity index (χ0) is 27.4. The number of halogens is 2. The lowest BCUT2D eigenvalue weighted by atomic mass is 9.91. The van der Waals surface area contributed by atoms with E-state index in [0.29, 0.717) is 37.2 Å². The number of piperidine rings is 1. The van der Waals surface area contributed by atoms with Gasteiger partial charge in [0.05, 0.1) is 19.6 Å². The molecule has 1 saturated heterocycles. The summed E-state index contributed by atoms with van der Waals surface area (Å²) in [6, 6.07) is 9.56. The van der Waals surface area contributed by atoms with Gasteiger partial charge in [-0.3, -0.25) is 9.69 Å². The van der Waals surface area contributed by atoms with Gasteiger partial charge < -0.3 is 19.3 Å². The first-order valence-electron chi connectivity index (χ1n) is 14.1. The van der Waals surface area contributed by atoms with Gasteiger partial charge in [0.2, 0.25) is 5.88 Å². The van der Waals surface area contributed by atoms with Gasteiger partial charge in [0.1, 0.15) is 17.6 Å². The number of benzene rings is 1. The molecule has 3 fully saturated rings. The number of hydrogen-bond donors (Lipinski definition) is 1. The minimum atomic E-state index is -2.56. The molecule has 3 aliphatic rings. The zero-order valence-corrected chi connectivity index (χ0v) is 22.5. The predicted molar refractivity (Wildman–Crippen MR) is 142 cm³/mol. The van der Waals surface area contributed by atoms with Gasteiger partial charge in [0, 0.05) is 56.4 Å². The highest BCUT2D eigenvalue weighted by molar-refractivity contribution is 5.68. The third kappa shape index (κ3) is 7.59. The molecule has 0 bridgehead atoms. The Morgan fingerprint density at radius 1 is 1.05 bits per heavy atom. The smallest absolute Gasteiger partial charge is 0.303 e. The molecule has 2 aliphatic carbocycles. The number of alkyl halides is 2. The van der Waals surface area contributed by atoms with Crippen LogP contribution in [0.3, 0.4) is 0 Å². The zero-order valence-electron chi connectivity index (χ0n) is 22.5. The van der Waals surface area contributed by atoms with Crippen LogP contribution in [-0.2, 0) is 11.3 Å². The molecular weight excluding hydrogens is 506 g/mol. The molecule has 1 aromatic heterocycles. The molecule has 1 unspecified atom stereocenters. The van der Waals surface area contributed by atoms with Crippen molar-refractivity contribution < 1.29 is 32.9 Å². The van der Waals surface area contributed by atoms with E-state index in [1.807, 2.05) is 30.3 Å². The number of aromatic nitrogens is 1. The van der Waals surface area contributed by atoms with Crippen molar-refractivity contribution in [3.63, 3.8) is 0 Å². The molecule has 2 aromatic rings. The Hall–Kier alpha value is -2.94. The van der Waals surface area contributed by atoms with Crippen LogP contribution in [0, 0.1) is 5.92 Å². The fourth-order valence-corrected chi connectivity index (χ4v) is 5.76. The van der Waals surface area contributed by atoms with Crippen molar-refractivity contribution in [2.45, 2.75) is 88.4 Å². The summed E-state index contributed by atoms with van der Waals surface area (Å²) in [5.41, 5.74) is 1.97. The maximum atomic E-state index is 13.6.